The maximum Gasteiger partial charge on any atom is 0.236 e. The fourth-order valence-electron chi connectivity index (χ4n) is 3.23. The van der Waals surface area contributed by atoms with Gasteiger partial charge in [-0.3, -0.25) is 9.69 Å². The van der Waals surface area contributed by atoms with Crippen molar-refractivity contribution in [3.05, 3.63) is 0 Å². The maximum atomic E-state index is 12.4. The highest BCUT2D eigenvalue weighted by molar-refractivity contribution is 5.78. The highest BCUT2D eigenvalue weighted by Gasteiger charge is 2.33. The normalized spacial score (nSPS) is 27.9. The number of rotatable bonds is 5. The summed E-state index contributed by atoms with van der Waals surface area (Å²) < 4.78 is 5.32. The van der Waals surface area contributed by atoms with Crippen LogP contribution >= 0.6 is 0 Å². The number of piperidine rings is 1. The number of nitrogens with one attached hydrogen (secondary N) is 1. The molecule has 2 heterocycles. The third-order valence-corrected chi connectivity index (χ3v) is 4.63. The van der Waals surface area contributed by atoms with Gasteiger partial charge in [0.15, 0.2) is 0 Å². The lowest BCUT2D eigenvalue weighted by atomic mass is 10.0. The predicted molar refractivity (Wildman–Crippen MR) is 77.6 cm³/mol. The zero-order valence-corrected chi connectivity index (χ0v) is 12.4. The summed E-state index contributed by atoms with van der Waals surface area (Å²) in [5.41, 5.74) is 0. The van der Waals surface area contributed by atoms with Crippen molar-refractivity contribution in [3.8, 4) is 0 Å². The average Bonchev–Trinajstić information content (AvgIpc) is 3.33. The molecule has 3 rings (SSSR count). The number of carbonyl (C=O) groups is 1. The lowest BCUT2D eigenvalue weighted by Gasteiger charge is -2.33. The highest BCUT2D eigenvalue weighted by atomic mass is 16.5. The SMILES string of the molecule is O=C(CN(CC1CCCCN1)C1CC1)N1CCOCC1. The number of ether oxygens (including phenoxy) is 1. The molecule has 1 aliphatic carbocycles. The molecule has 1 amide bonds. The molecule has 1 saturated carbocycles. The van der Waals surface area contributed by atoms with Crippen LogP contribution in [0.2, 0.25) is 0 Å². The van der Waals surface area contributed by atoms with Gasteiger partial charge in [0, 0.05) is 31.7 Å². The Morgan fingerprint density at radius 2 is 2.00 bits per heavy atom. The van der Waals surface area contributed by atoms with Crippen LogP contribution in [0, 0.1) is 0 Å². The summed E-state index contributed by atoms with van der Waals surface area (Å²) in [5.74, 6) is 0.288. The minimum Gasteiger partial charge on any atom is -0.378 e. The van der Waals surface area contributed by atoms with E-state index in [2.05, 4.69) is 10.2 Å². The van der Waals surface area contributed by atoms with E-state index in [0.717, 1.165) is 26.2 Å². The molecular formula is C15H27N3O2. The Bertz CT molecular complexity index is 321. The fraction of sp³-hybridized carbons (Fsp3) is 0.933. The van der Waals surface area contributed by atoms with E-state index in [1.807, 2.05) is 4.90 Å². The van der Waals surface area contributed by atoms with Gasteiger partial charge in [-0.25, -0.2) is 0 Å². The van der Waals surface area contributed by atoms with E-state index < -0.39 is 0 Å². The summed E-state index contributed by atoms with van der Waals surface area (Å²) >= 11 is 0. The predicted octanol–water partition coefficient (Wildman–Crippen LogP) is 0.452. The van der Waals surface area contributed by atoms with Gasteiger partial charge in [-0.15, -0.1) is 0 Å². The summed E-state index contributed by atoms with van der Waals surface area (Å²) in [6.45, 7) is 5.70. The molecule has 114 valence electrons. The molecule has 2 saturated heterocycles. The molecule has 0 spiro atoms. The van der Waals surface area contributed by atoms with E-state index in [0.29, 0.717) is 31.8 Å². The second-order valence-corrected chi connectivity index (χ2v) is 6.30. The molecular weight excluding hydrogens is 254 g/mol. The first-order chi connectivity index (χ1) is 9.83. The molecule has 3 aliphatic rings. The average molecular weight is 281 g/mol. The summed E-state index contributed by atoms with van der Waals surface area (Å²) in [4.78, 5) is 16.8. The van der Waals surface area contributed by atoms with Crippen LogP contribution in [-0.4, -0.2) is 73.7 Å². The fourth-order valence-corrected chi connectivity index (χ4v) is 3.23. The Labute approximate surface area is 121 Å². The van der Waals surface area contributed by atoms with Crippen LogP contribution in [0.1, 0.15) is 32.1 Å². The summed E-state index contributed by atoms with van der Waals surface area (Å²) in [6, 6.07) is 1.24. The van der Waals surface area contributed by atoms with E-state index in [9.17, 15) is 4.79 Å². The second kappa shape index (κ2) is 6.87. The van der Waals surface area contributed by atoms with Gasteiger partial charge in [0.1, 0.15) is 0 Å². The van der Waals surface area contributed by atoms with Gasteiger partial charge in [0.2, 0.25) is 5.91 Å². The Hall–Kier alpha value is -0.650. The first-order valence-electron chi connectivity index (χ1n) is 8.16. The topological polar surface area (TPSA) is 44.8 Å². The number of carbonyl (C=O) groups excluding carboxylic acids is 1. The van der Waals surface area contributed by atoms with E-state index in [-0.39, 0.29) is 5.91 Å². The first-order valence-corrected chi connectivity index (χ1v) is 8.16. The molecule has 1 N–H and O–H groups in total. The largest absolute Gasteiger partial charge is 0.378 e. The number of nitrogens with zero attached hydrogens (tertiary/aromatic N) is 2. The Kier molecular flexibility index (Phi) is 4.91. The van der Waals surface area contributed by atoms with Crippen molar-refractivity contribution >= 4 is 5.91 Å². The van der Waals surface area contributed by atoms with Crippen molar-refractivity contribution in [2.75, 3.05) is 45.9 Å². The van der Waals surface area contributed by atoms with Crippen molar-refractivity contribution in [3.63, 3.8) is 0 Å². The molecule has 1 unspecified atom stereocenters. The molecule has 1 atom stereocenters. The molecule has 0 bridgehead atoms. The van der Waals surface area contributed by atoms with Crippen molar-refractivity contribution in [1.82, 2.24) is 15.1 Å². The molecule has 5 heteroatoms. The zero-order chi connectivity index (χ0) is 13.8. The van der Waals surface area contributed by atoms with Crippen molar-refractivity contribution in [2.24, 2.45) is 0 Å². The van der Waals surface area contributed by atoms with Gasteiger partial charge in [-0.1, -0.05) is 6.42 Å². The van der Waals surface area contributed by atoms with E-state index in [4.69, 9.17) is 4.74 Å². The Morgan fingerprint density at radius 1 is 1.20 bits per heavy atom. The van der Waals surface area contributed by atoms with Crippen LogP contribution in [0.4, 0.5) is 0 Å². The quantitative estimate of drug-likeness (QED) is 0.795. The van der Waals surface area contributed by atoms with E-state index >= 15 is 0 Å². The van der Waals surface area contributed by atoms with Gasteiger partial charge in [0.25, 0.3) is 0 Å². The van der Waals surface area contributed by atoms with Gasteiger partial charge in [0.05, 0.1) is 19.8 Å². The number of morpholine rings is 1. The molecule has 3 fully saturated rings. The molecule has 5 nitrogen and oxygen atoms in total. The smallest absolute Gasteiger partial charge is 0.236 e. The second-order valence-electron chi connectivity index (χ2n) is 6.30. The number of hydrogen-bond acceptors (Lipinski definition) is 4. The lowest BCUT2D eigenvalue weighted by molar-refractivity contribution is -0.136. The highest BCUT2D eigenvalue weighted by Crippen LogP contribution is 2.27. The van der Waals surface area contributed by atoms with Gasteiger partial charge in [-0.05, 0) is 32.2 Å². The molecule has 0 radical (unpaired) electrons. The lowest BCUT2D eigenvalue weighted by Crippen LogP contribution is -2.50. The molecule has 20 heavy (non-hydrogen) atoms. The van der Waals surface area contributed by atoms with Crippen LogP contribution in [0.5, 0.6) is 0 Å². The Balaban J connectivity index is 1.49. The standard InChI is InChI=1S/C15H27N3O2/c19-15(17-7-9-20-10-8-17)12-18(14-4-5-14)11-13-3-1-2-6-16-13/h13-14,16H,1-12H2. The van der Waals surface area contributed by atoms with Crippen molar-refractivity contribution < 1.29 is 9.53 Å². The number of amides is 1. The van der Waals surface area contributed by atoms with Crippen molar-refractivity contribution in [1.29, 1.82) is 0 Å². The third kappa shape index (κ3) is 3.93. The van der Waals surface area contributed by atoms with Gasteiger partial charge >= 0.3 is 0 Å². The third-order valence-electron chi connectivity index (χ3n) is 4.63. The van der Waals surface area contributed by atoms with Crippen LogP contribution in [-0.2, 0) is 9.53 Å². The van der Waals surface area contributed by atoms with Gasteiger partial charge < -0.3 is 15.0 Å². The van der Waals surface area contributed by atoms with Crippen molar-refractivity contribution in [2.45, 2.75) is 44.2 Å². The maximum absolute atomic E-state index is 12.4. The summed E-state index contributed by atoms with van der Waals surface area (Å²) in [6.07, 6.45) is 6.42. The Morgan fingerprint density at radius 3 is 2.65 bits per heavy atom. The molecule has 0 aromatic rings. The van der Waals surface area contributed by atoms with Crippen LogP contribution in [0.3, 0.4) is 0 Å². The van der Waals surface area contributed by atoms with Crippen LogP contribution in [0.25, 0.3) is 0 Å². The number of hydrogen-bond donors (Lipinski definition) is 1. The van der Waals surface area contributed by atoms with Crippen LogP contribution < -0.4 is 5.32 Å². The van der Waals surface area contributed by atoms with Crippen LogP contribution in [0.15, 0.2) is 0 Å². The van der Waals surface area contributed by atoms with E-state index in [1.54, 1.807) is 0 Å². The monoisotopic (exact) mass is 281 g/mol. The molecule has 0 aromatic heterocycles. The van der Waals surface area contributed by atoms with Gasteiger partial charge in [-0.2, -0.15) is 0 Å². The molecule has 0 aromatic carbocycles. The minimum atomic E-state index is 0.288. The van der Waals surface area contributed by atoms with E-state index in [1.165, 1.54) is 32.1 Å². The zero-order valence-electron chi connectivity index (χ0n) is 12.4. The summed E-state index contributed by atoms with van der Waals surface area (Å²) in [5, 5.41) is 3.60. The summed E-state index contributed by atoms with van der Waals surface area (Å²) in [7, 11) is 0. The molecule has 2 aliphatic heterocycles. The minimum absolute atomic E-state index is 0.288. The first kappa shape index (κ1) is 14.3.